The van der Waals surface area contributed by atoms with Crippen LogP contribution in [0.2, 0.25) is 0 Å². The highest BCUT2D eigenvalue weighted by atomic mass is 16.4. The van der Waals surface area contributed by atoms with Crippen molar-refractivity contribution in [1.29, 1.82) is 0 Å². The quantitative estimate of drug-likeness (QED) is 0.818. The lowest BCUT2D eigenvalue weighted by atomic mass is 9.94. The van der Waals surface area contributed by atoms with Crippen LogP contribution < -0.4 is 5.32 Å². The fourth-order valence-corrected chi connectivity index (χ4v) is 2.99. The topological polar surface area (TPSA) is 79.5 Å². The third-order valence-corrected chi connectivity index (χ3v) is 4.12. The molecule has 1 aliphatic carbocycles. The van der Waals surface area contributed by atoms with Gasteiger partial charge in [-0.1, -0.05) is 26.2 Å². The normalized spacial score (nSPS) is 22.5. The van der Waals surface area contributed by atoms with Crippen molar-refractivity contribution in [2.75, 3.05) is 0 Å². The van der Waals surface area contributed by atoms with Crippen LogP contribution in [0.25, 0.3) is 0 Å². The second-order valence-electron chi connectivity index (χ2n) is 5.67. The van der Waals surface area contributed by atoms with E-state index in [-0.39, 0.29) is 11.9 Å². The molecule has 5 heteroatoms. The maximum absolute atomic E-state index is 12.4. The Balaban J connectivity index is 2.08. The molecule has 0 aliphatic heterocycles. The number of hydrogen-bond donors (Lipinski definition) is 2. The van der Waals surface area contributed by atoms with Crippen molar-refractivity contribution in [3.05, 3.63) is 23.7 Å². The monoisotopic (exact) mass is 293 g/mol. The van der Waals surface area contributed by atoms with Crippen LogP contribution in [0.3, 0.4) is 0 Å². The molecule has 0 radical (unpaired) electrons. The molecule has 1 fully saturated rings. The van der Waals surface area contributed by atoms with E-state index in [9.17, 15) is 14.7 Å². The van der Waals surface area contributed by atoms with Gasteiger partial charge < -0.3 is 14.8 Å². The van der Waals surface area contributed by atoms with Gasteiger partial charge in [0.25, 0.3) is 5.91 Å². The van der Waals surface area contributed by atoms with Crippen LogP contribution in [0.5, 0.6) is 0 Å². The number of hydrogen-bond acceptors (Lipinski definition) is 3. The van der Waals surface area contributed by atoms with E-state index >= 15 is 0 Å². The van der Waals surface area contributed by atoms with Gasteiger partial charge >= 0.3 is 5.97 Å². The number of aliphatic carboxylic acids is 1. The number of rotatable bonds is 5. The van der Waals surface area contributed by atoms with Crippen molar-refractivity contribution >= 4 is 11.9 Å². The van der Waals surface area contributed by atoms with Gasteiger partial charge in [-0.25, -0.2) is 0 Å². The van der Waals surface area contributed by atoms with Crippen LogP contribution in [0.1, 0.15) is 61.6 Å². The van der Waals surface area contributed by atoms with E-state index in [1.54, 1.807) is 6.07 Å². The van der Waals surface area contributed by atoms with E-state index in [0.717, 1.165) is 32.1 Å². The van der Waals surface area contributed by atoms with Crippen LogP contribution in [0.15, 0.2) is 16.7 Å². The summed E-state index contributed by atoms with van der Waals surface area (Å²) in [6.07, 6.45) is 7.39. The molecule has 1 aromatic rings. The Morgan fingerprint density at radius 3 is 2.81 bits per heavy atom. The zero-order chi connectivity index (χ0) is 15.2. The molecular weight excluding hydrogens is 270 g/mol. The minimum atomic E-state index is -0.817. The molecule has 116 valence electrons. The lowest BCUT2D eigenvalue weighted by Gasteiger charge is -2.22. The summed E-state index contributed by atoms with van der Waals surface area (Å²) < 4.78 is 5.34. The van der Waals surface area contributed by atoms with E-state index < -0.39 is 11.9 Å². The molecule has 0 unspecified atom stereocenters. The molecular formula is C16H23NO4. The third-order valence-electron chi connectivity index (χ3n) is 4.12. The fourth-order valence-electron chi connectivity index (χ4n) is 2.99. The molecule has 1 amide bonds. The van der Waals surface area contributed by atoms with E-state index in [1.165, 1.54) is 6.26 Å². The number of aryl methyl sites for hydroxylation is 1. The smallest absolute Gasteiger partial charge is 0.308 e. The lowest BCUT2D eigenvalue weighted by molar-refractivity contribution is -0.142. The number of carboxylic acids is 1. The summed E-state index contributed by atoms with van der Waals surface area (Å²) in [6.45, 7) is 2.02. The van der Waals surface area contributed by atoms with Crippen LogP contribution in [-0.2, 0) is 11.2 Å². The average molecular weight is 293 g/mol. The number of carbonyl (C=O) groups is 2. The highest BCUT2D eigenvalue weighted by molar-refractivity contribution is 5.95. The highest BCUT2D eigenvalue weighted by Crippen LogP contribution is 2.24. The predicted octanol–water partition coefficient (Wildman–Crippen LogP) is 3.00. The lowest BCUT2D eigenvalue weighted by Crippen LogP contribution is -2.43. The van der Waals surface area contributed by atoms with Gasteiger partial charge in [0.15, 0.2) is 0 Å². The van der Waals surface area contributed by atoms with Crippen LogP contribution in [-0.4, -0.2) is 23.0 Å². The van der Waals surface area contributed by atoms with Crippen LogP contribution in [0.4, 0.5) is 0 Å². The van der Waals surface area contributed by atoms with Crippen molar-refractivity contribution in [3.8, 4) is 0 Å². The molecule has 1 heterocycles. The van der Waals surface area contributed by atoms with Crippen molar-refractivity contribution in [3.63, 3.8) is 0 Å². The van der Waals surface area contributed by atoms with Crippen molar-refractivity contribution in [2.24, 2.45) is 5.92 Å². The van der Waals surface area contributed by atoms with Crippen molar-refractivity contribution in [1.82, 2.24) is 5.32 Å². The first-order valence-electron chi connectivity index (χ1n) is 7.73. The Bertz CT molecular complexity index is 494. The zero-order valence-electron chi connectivity index (χ0n) is 12.4. The Kier molecular flexibility index (Phi) is 5.42. The molecule has 2 N–H and O–H groups in total. The van der Waals surface area contributed by atoms with Crippen molar-refractivity contribution in [2.45, 2.75) is 57.9 Å². The molecule has 0 saturated heterocycles. The summed E-state index contributed by atoms with van der Waals surface area (Å²) in [4.78, 5) is 23.8. The highest BCUT2D eigenvalue weighted by Gasteiger charge is 2.31. The molecule has 2 atom stereocenters. The summed E-state index contributed by atoms with van der Waals surface area (Å²) >= 11 is 0. The van der Waals surface area contributed by atoms with E-state index in [0.29, 0.717) is 24.2 Å². The van der Waals surface area contributed by atoms with E-state index in [2.05, 4.69) is 5.32 Å². The summed E-state index contributed by atoms with van der Waals surface area (Å²) in [7, 11) is 0. The zero-order valence-corrected chi connectivity index (χ0v) is 12.4. The number of nitrogens with one attached hydrogen (secondary N) is 1. The SMILES string of the molecule is CCCc1occc1C(=O)N[C@H]1CCCCC[C@H]1C(=O)O. The largest absolute Gasteiger partial charge is 0.481 e. The van der Waals surface area contributed by atoms with Gasteiger partial charge in [0, 0.05) is 12.5 Å². The van der Waals surface area contributed by atoms with Gasteiger partial charge in [-0.3, -0.25) is 9.59 Å². The van der Waals surface area contributed by atoms with E-state index in [1.807, 2.05) is 6.92 Å². The van der Waals surface area contributed by atoms with Gasteiger partial charge in [-0.05, 0) is 25.3 Å². The van der Waals surface area contributed by atoms with Gasteiger partial charge in [0.2, 0.25) is 0 Å². The molecule has 2 rings (SSSR count). The molecule has 0 spiro atoms. The van der Waals surface area contributed by atoms with Gasteiger partial charge in [0.1, 0.15) is 5.76 Å². The molecule has 1 saturated carbocycles. The molecule has 5 nitrogen and oxygen atoms in total. The van der Waals surface area contributed by atoms with E-state index in [4.69, 9.17) is 4.42 Å². The number of furan rings is 1. The van der Waals surface area contributed by atoms with Crippen LogP contribution in [0, 0.1) is 5.92 Å². The third kappa shape index (κ3) is 3.86. The molecule has 0 bridgehead atoms. The first-order valence-corrected chi connectivity index (χ1v) is 7.73. The molecule has 21 heavy (non-hydrogen) atoms. The van der Waals surface area contributed by atoms with Crippen LogP contribution >= 0.6 is 0 Å². The Hall–Kier alpha value is -1.78. The standard InChI is InChI=1S/C16H23NO4/c1-2-6-14-12(9-10-21-14)15(18)17-13-8-5-3-4-7-11(13)16(19)20/h9-11,13H,2-8H2,1H3,(H,17,18)(H,19,20)/t11-,13+/m1/s1. The maximum Gasteiger partial charge on any atom is 0.308 e. The van der Waals surface area contributed by atoms with Gasteiger partial charge in [-0.2, -0.15) is 0 Å². The predicted molar refractivity (Wildman–Crippen MR) is 78.2 cm³/mol. The second kappa shape index (κ2) is 7.29. The minimum Gasteiger partial charge on any atom is -0.481 e. The minimum absolute atomic E-state index is 0.217. The second-order valence-corrected chi connectivity index (χ2v) is 5.67. The molecule has 1 aromatic heterocycles. The number of carboxylic acid groups (broad SMARTS) is 1. The number of carbonyl (C=O) groups excluding carboxylic acids is 1. The summed E-state index contributed by atoms with van der Waals surface area (Å²) in [5.41, 5.74) is 0.533. The van der Waals surface area contributed by atoms with Gasteiger partial charge in [0.05, 0.1) is 17.7 Å². The summed E-state index contributed by atoms with van der Waals surface area (Å²) in [5.74, 6) is -0.845. The molecule has 1 aliphatic rings. The fraction of sp³-hybridized carbons (Fsp3) is 0.625. The first kappa shape index (κ1) is 15.6. The van der Waals surface area contributed by atoms with Gasteiger partial charge in [-0.15, -0.1) is 0 Å². The Labute approximate surface area is 124 Å². The Morgan fingerprint density at radius 1 is 1.33 bits per heavy atom. The summed E-state index contributed by atoms with van der Waals surface area (Å²) in [6, 6.07) is 1.37. The summed E-state index contributed by atoms with van der Waals surface area (Å²) in [5, 5.41) is 12.3. The first-order chi connectivity index (χ1) is 10.1. The maximum atomic E-state index is 12.4. The molecule has 0 aromatic carbocycles. The Morgan fingerprint density at radius 2 is 2.10 bits per heavy atom. The van der Waals surface area contributed by atoms with Crippen molar-refractivity contribution < 1.29 is 19.1 Å². The average Bonchev–Trinajstić information content (AvgIpc) is 2.77. The number of amides is 1.